The molecule has 3 rings (SSSR count). The SMILES string of the molecule is Cc1cc(CN(C)C)cc(NC(=O)[C@H]2CCc3n[nH]nc3C2)c1. The van der Waals surface area contributed by atoms with Crippen LogP contribution in [0.1, 0.15) is 28.9 Å². The number of nitrogens with zero attached hydrogens (tertiary/aromatic N) is 3. The highest BCUT2D eigenvalue weighted by Crippen LogP contribution is 2.24. The number of rotatable bonds is 4. The molecule has 0 fully saturated rings. The Morgan fingerprint density at radius 3 is 2.87 bits per heavy atom. The maximum Gasteiger partial charge on any atom is 0.227 e. The van der Waals surface area contributed by atoms with Crippen molar-refractivity contribution in [2.45, 2.75) is 32.7 Å². The van der Waals surface area contributed by atoms with Crippen LogP contribution in [0.3, 0.4) is 0 Å². The van der Waals surface area contributed by atoms with Gasteiger partial charge in [-0.2, -0.15) is 15.4 Å². The highest BCUT2D eigenvalue weighted by Gasteiger charge is 2.27. The van der Waals surface area contributed by atoms with E-state index in [1.165, 1.54) is 5.56 Å². The normalized spacial score (nSPS) is 17.1. The average Bonchev–Trinajstić information content (AvgIpc) is 2.92. The monoisotopic (exact) mass is 313 g/mol. The Bertz CT molecular complexity index is 707. The molecule has 2 aromatic rings. The molecule has 0 saturated heterocycles. The van der Waals surface area contributed by atoms with Gasteiger partial charge < -0.3 is 10.2 Å². The molecule has 6 heteroatoms. The summed E-state index contributed by atoms with van der Waals surface area (Å²) in [5, 5.41) is 14.0. The van der Waals surface area contributed by atoms with E-state index in [1.807, 2.05) is 20.2 Å². The standard InChI is InChI=1S/C17H23N5O/c1-11-6-12(10-22(2)3)8-14(7-11)18-17(23)13-4-5-15-16(9-13)20-21-19-15/h6-8,13H,4-5,9-10H2,1-3H3,(H,18,23)(H,19,20,21)/t13-/m0/s1. The molecule has 0 unspecified atom stereocenters. The Kier molecular flexibility index (Phi) is 4.43. The van der Waals surface area contributed by atoms with Crippen LogP contribution < -0.4 is 5.32 Å². The van der Waals surface area contributed by atoms with Crippen LogP contribution in [0.25, 0.3) is 0 Å². The van der Waals surface area contributed by atoms with Crippen molar-refractivity contribution in [3.05, 3.63) is 40.7 Å². The van der Waals surface area contributed by atoms with Gasteiger partial charge in [0.1, 0.15) is 0 Å². The molecule has 0 spiro atoms. The Balaban J connectivity index is 1.69. The van der Waals surface area contributed by atoms with Crippen molar-refractivity contribution >= 4 is 11.6 Å². The fourth-order valence-electron chi connectivity index (χ4n) is 3.14. The van der Waals surface area contributed by atoms with Crippen LogP contribution in [0.2, 0.25) is 0 Å². The molecule has 0 bridgehead atoms. The summed E-state index contributed by atoms with van der Waals surface area (Å²) in [7, 11) is 4.08. The van der Waals surface area contributed by atoms with Gasteiger partial charge in [0.25, 0.3) is 0 Å². The molecule has 0 saturated carbocycles. The van der Waals surface area contributed by atoms with Gasteiger partial charge in [-0.05, 0) is 57.1 Å². The molecular formula is C17H23N5O. The smallest absolute Gasteiger partial charge is 0.227 e. The number of aryl methyl sites for hydroxylation is 2. The number of nitrogens with one attached hydrogen (secondary N) is 2. The number of carbonyl (C=O) groups excluding carboxylic acids is 1. The molecule has 23 heavy (non-hydrogen) atoms. The lowest BCUT2D eigenvalue weighted by Gasteiger charge is -2.20. The first-order valence-corrected chi connectivity index (χ1v) is 7.96. The van der Waals surface area contributed by atoms with E-state index in [4.69, 9.17) is 0 Å². The van der Waals surface area contributed by atoms with Crippen LogP contribution in [-0.4, -0.2) is 40.3 Å². The zero-order valence-corrected chi connectivity index (χ0v) is 13.9. The van der Waals surface area contributed by atoms with Crippen molar-refractivity contribution in [2.75, 3.05) is 19.4 Å². The van der Waals surface area contributed by atoms with Crippen molar-refractivity contribution in [3.8, 4) is 0 Å². The highest BCUT2D eigenvalue weighted by molar-refractivity contribution is 5.93. The van der Waals surface area contributed by atoms with Crippen molar-refractivity contribution < 1.29 is 4.79 Å². The minimum Gasteiger partial charge on any atom is -0.326 e. The summed E-state index contributed by atoms with van der Waals surface area (Å²) >= 11 is 0. The van der Waals surface area contributed by atoms with E-state index in [0.29, 0.717) is 6.42 Å². The second kappa shape index (κ2) is 6.50. The summed E-state index contributed by atoms with van der Waals surface area (Å²) in [5.74, 6) is 0.0328. The Morgan fingerprint density at radius 1 is 1.30 bits per heavy atom. The molecule has 1 amide bonds. The van der Waals surface area contributed by atoms with E-state index in [-0.39, 0.29) is 11.8 Å². The lowest BCUT2D eigenvalue weighted by atomic mass is 9.89. The van der Waals surface area contributed by atoms with Crippen LogP contribution in [-0.2, 0) is 24.2 Å². The molecule has 1 heterocycles. The first kappa shape index (κ1) is 15.7. The summed E-state index contributed by atoms with van der Waals surface area (Å²) in [6.45, 7) is 2.91. The summed E-state index contributed by atoms with van der Waals surface area (Å²) in [4.78, 5) is 14.7. The van der Waals surface area contributed by atoms with E-state index in [1.54, 1.807) is 0 Å². The molecule has 6 nitrogen and oxygen atoms in total. The molecule has 0 aliphatic heterocycles. The molecule has 1 aliphatic rings. The molecule has 0 radical (unpaired) electrons. The predicted molar refractivity (Wildman–Crippen MR) is 89.1 cm³/mol. The highest BCUT2D eigenvalue weighted by atomic mass is 16.1. The van der Waals surface area contributed by atoms with E-state index >= 15 is 0 Å². The molecule has 2 N–H and O–H groups in total. The van der Waals surface area contributed by atoms with Crippen molar-refractivity contribution in [1.29, 1.82) is 0 Å². The Hall–Kier alpha value is -2.21. The number of fused-ring (bicyclic) bond motifs is 1. The maximum absolute atomic E-state index is 12.6. The van der Waals surface area contributed by atoms with Gasteiger partial charge in [0.05, 0.1) is 11.4 Å². The largest absolute Gasteiger partial charge is 0.326 e. The third kappa shape index (κ3) is 3.76. The Morgan fingerprint density at radius 2 is 2.09 bits per heavy atom. The molecule has 1 aliphatic carbocycles. The lowest BCUT2D eigenvalue weighted by molar-refractivity contribution is -0.120. The molecular weight excluding hydrogens is 290 g/mol. The third-order valence-electron chi connectivity index (χ3n) is 4.15. The van der Waals surface area contributed by atoms with Gasteiger partial charge in [0.15, 0.2) is 0 Å². The van der Waals surface area contributed by atoms with Gasteiger partial charge in [-0.3, -0.25) is 4.79 Å². The average molecular weight is 313 g/mol. The number of benzene rings is 1. The number of aromatic nitrogens is 3. The van der Waals surface area contributed by atoms with Gasteiger partial charge in [-0.15, -0.1) is 0 Å². The van der Waals surface area contributed by atoms with Crippen molar-refractivity contribution in [3.63, 3.8) is 0 Å². The third-order valence-corrected chi connectivity index (χ3v) is 4.15. The number of hydrogen-bond acceptors (Lipinski definition) is 4. The molecule has 1 aromatic carbocycles. The fraction of sp³-hybridized carbons (Fsp3) is 0.471. The van der Waals surface area contributed by atoms with E-state index < -0.39 is 0 Å². The van der Waals surface area contributed by atoms with Crippen LogP contribution in [0, 0.1) is 12.8 Å². The Labute approximate surface area is 136 Å². The number of carbonyl (C=O) groups is 1. The topological polar surface area (TPSA) is 73.9 Å². The number of amides is 1. The first-order chi connectivity index (χ1) is 11.0. The second-order valence-electron chi connectivity index (χ2n) is 6.59. The summed E-state index contributed by atoms with van der Waals surface area (Å²) in [6, 6.07) is 6.22. The van der Waals surface area contributed by atoms with Crippen LogP contribution in [0.5, 0.6) is 0 Å². The number of H-pyrrole nitrogens is 1. The minimum atomic E-state index is -0.0367. The summed E-state index contributed by atoms with van der Waals surface area (Å²) in [5.41, 5.74) is 5.15. The number of anilines is 1. The second-order valence-corrected chi connectivity index (χ2v) is 6.59. The predicted octanol–water partition coefficient (Wildman–Crippen LogP) is 1.92. The number of aromatic amines is 1. The minimum absolute atomic E-state index is 0.0367. The fourth-order valence-corrected chi connectivity index (χ4v) is 3.14. The van der Waals surface area contributed by atoms with Crippen LogP contribution in [0.4, 0.5) is 5.69 Å². The zero-order valence-electron chi connectivity index (χ0n) is 13.9. The zero-order chi connectivity index (χ0) is 16.4. The van der Waals surface area contributed by atoms with E-state index in [9.17, 15) is 4.79 Å². The lowest BCUT2D eigenvalue weighted by Crippen LogP contribution is -2.28. The van der Waals surface area contributed by atoms with Crippen molar-refractivity contribution in [1.82, 2.24) is 20.3 Å². The molecule has 122 valence electrons. The van der Waals surface area contributed by atoms with E-state index in [0.717, 1.165) is 42.0 Å². The van der Waals surface area contributed by atoms with Gasteiger partial charge in [-0.1, -0.05) is 6.07 Å². The quantitative estimate of drug-likeness (QED) is 0.904. The van der Waals surface area contributed by atoms with E-state index in [2.05, 4.69) is 44.7 Å². The van der Waals surface area contributed by atoms with Crippen LogP contribution in [0.15, 0.2) is 18.2 Å². The first-order valence-electron chi connectivity index (χ1n) is 7.96. The number of hydrogen-bond donors (Lipinski definition) is 2. The van der Waals surface area contributed by atoms with Crippen molar-refractivity contribution in [2.24, 2.45) is 5.92 Å². The van der Waals surface area contributed by atoms with Gasteiger partial charge in [-0.25, -0.2) is 0 Å². The summed E-state index contributed by atoms with van der Waals surface area (Å²) in [6.07, 6.45) is 2.29. The molecule has 1 aromatic heterocycles. The molecule has 1 atom stereocenters. The van der Waals surface area contributed by atoms with Crippen LogP contribution >= 0.6 is 0 Å². The summed E-state index contributed by atoms with van der Waals surface area (Å²) < 4.78 is 0. The maximum atomic E-state index is 12.6. The van der Waals surface area contributed by atoms with Gasteiger partial charge in [0, 0.05) is 24.6 Å². The van der Waals surface area contributed by atoms with Gasteiger partial charge in [0.2, 0.25) is 5.91 Å². The van der Waals surface area contributed by atoms with Gasteiger partial charge >= 0.3 is 0 Å².